The van der Waals surface area contributed by atoms with Crippen LogP contribution in [0, 0.1) is 27.7 Å². The van der Waals surface area contributed by atoms with Crippen molar-refractivity contribution in [3.8, 4) is 0 Å². The molecule has 18 heavy (non-hydrogen) atoms. The fourth-order valence-corrected chi connectivity index (χ4v) is 2.72. The van der Waals surface area contributed by atoms with Gasteiger partial charge in [0.25, 0.3) is 0 Å². The van der Waals surface area contributed by atoms with Gasteiger partial charge < -0.3 is 10.6 Å². The van der Waals surface area contributed by atoms with E-state index in [0.717, 1.165) is 19.4 Å². The highest BCUT2D eigenvalue weighted by Crippen LogP contribution is 2.32. The van der Waals surface area contributed by atoms with Gasteiger partial charge in [-0.2, -0.15) is 0 Å². The Kier molecular flexibility index (Phi) is 5.36. The molecule has 0 aliphatic heterocycles. The molecule has 0 aliphatic carbocycles. The van der Waals surface area contributed by atoms with Crippen LogP contribution in [-0.2, 0) is 0 Å². The first-order valence-electron chi connectivity index (χ1n) is 6.84. The Hall–Kier alpha value is -0.860. The van der Waals surface area contributed by atoms with E-state index in [9.17, 15) is 0 Å². The molecule has 0 aliphatic rings. The smallest absolute Gasteiger partial charge is 0.0347 e. The van der Waals surface area contributed by atoms with Gasteiger partial charge in [-0.15, -0.1) is 0 Å². The van der Waals surface area contributed by atoms with Gasteiger partial charge in [-0.25, -0.2) is 0 Å². The summed E-state index contributed by atoms with van der Waals surface area (Å²) in [5.74, 6) is 0. The second-order valence-corrected chi connectivity index (χ2v) is 5.58. The fourth-order valence-electron chi connectivity index (χ4n) is 2.72. The molecule has 0 amide bonds. The highest BCUT2D eigenvalue weighted by Gasteiger charge is 2.20. The van der Waals surface area contributed by atoms with E-state index in [1.54, 1.807) is 0 Å². The maximum absolute atomic E-state index is 5.67. The van der Waals surface area contributed by atoms with Crippen LogP contribution in [0.1, 0.15) is 46.7 Å². The lowest BCUT2D eigenvalue weighted by Gasteiger charge is -2.29. The average molecular weight is 248 g/mol. The van der Waals surface area contributed by atoms with E-state index in [1.165, 1.54) is 27.8 Å². The minimum Gasteiger partial charge on any atom is -0.330 e. The van der Waals surface area contributed by atoms with E-state index in [4.69, 9.17) is 5.73 Å². The number of nitrogens with two attached hydrogens (primary N) is 1. The molecule has 1 rings (SSSR count). The van der Waals surface area contributed by atoms with Crippen LogP contribution in [0.4, 0.5) is 0 Å². The summed E-state index contributed by atoms with van der Waals surface area (Å²) in [6.45, 7) is 9.68. The first kappa shape index (κ1) is 15.2. The van der Waals surface area contributed by atoms with Gasteiger partial charge in [-0.1, -0.05) is 6.07 Å². The molecule has 1 aromatic carbocycles. The van der Waals surface area contributed by atoms with E-state index in [0.29, 0.717) is 6.04 Å². The summed E-state index contributed by atoms with van der Waals surface area (Å²) in [7, 11) is 4.33. The molecule has 1 atom stereocenters. The van der Waals surface area contributed by atoms with Crippen LogP contribution < -0.4 is 5.73 Å². The summed E-state index contributed by atoms with van der Waals surface area (Å²) in [5.41, 5.74) is 12.8. The molecule has 1 unspecified atom stereocenters. The van der Waals surface area contributed by atoms with Crippen molar-refractivity contribution in [1.82, 2.24) is 4.90 Å². The fraction of sp³-hybridized carbons (Fsp3) is 0.625. The first-order chi connectivity index (χ1) is 8.40. The molecule has 0 spiro atoms. The van der Waals surface area contributed by atoms with E-state index in [1.807, 2.05) is 0 Å². The lowest BCUT2D eigenvalue weighted by atomic mass is 9.87. The van der Waals surface area contributed by atoms with E-state index < -0.39 is 0 Å². The Morgan fingerprint density at radius 3 is 1.94 bits per heavy atom. The van der Waals surface area contributed by atoms with Crippen molar-refractivity contribution in [2.75, 3.05) is 20.6 Å². The quantitative estimate of drug-likeness (QED) is 0.866. The SMILES string of the molecule is Cc1cc(C)c(C)c(C(CCCN)N(C)C)c1C. The third-order valence-corrected chi connectivity index (χ3v) is 4.06. The van der Waals surface area contributed by atoms with Crippen molar-refractivity contribution in [3.63, 3.8) is 0 Å². The highest BCUT2D eigenvalue weighted by atomic mass is 15.1. The summed E-state index contributed by atoms with van der Waals surface area (Å²) >= 11 is 0. The van der Waals surface area contributed by atoms with Gasteiger partial charge in [0.15, 0.2) is 0 Å². The second-order valence-electron chi connectivity index (χ2n) is 5.58. The number of benzene rings is 1. The molecule has 2 nitrogen and oxygen atoms in total. The number of hydrogen-bond donors (Lipinski definition) is 1. The zero-order valence-electron chi connectivity index (χ0n) is 12.8. The molecule has 0 heterocycles. The molecule has 1 aromatic rings. The minimum absolute atomic E-state index is 0.479. The van der Waals surface area contributed by atoms with Gasteiger partial charge in [0.05, 0.1) is 0 Å². The maximum atomic E-state index is 5.67. The lowest BCUT2D eigenvalue weighted by molar-refractivity contribution is 0.278. The summed E-state index contributed by atoms with van der Waals surface area (Å²) in [5, 5.41) is 0. The summed E-state index contributed by atoms with van der Waals surface area (Å²) in [4.78, 5) is 2.32. The Labute approximate surface area is 112 Å². The normalized spacial score (nSPS) is 13.1. The van der Waals surface area contributed by atoms with Gasteiger partial charge in [-0.3, -0.25) is 0 Å². The average Bonchev–Trinajstić information content (AvgIpc) is 2.30. The van der Waals surface area contributed by atoms with Gasteiger partial charge in [0.2, 0.25) is 0 Å². The Morgan fingerprint density at radius 2 is 1.56 bits per heavy atom. The standard InChI is InChI=1S/C16H28N2/c1-11-10-12(2)14(4)16(13(11)3)15(18(5)6)8-7-9-17/h10,15H,7-9,17H2,1-6H3. The van der Waals surface area contributed by atoms with Crippen LogP contribution in [0.3, 0.4) is 0 Å². The number of hydrogen-bond acceptors (Lipinski definition) is 2. The maximum Gasteiger partial charge on any atom is 0.0347 e. The molecule has 0 bridgehead atoms. The number of aryl methyl sites for hydroxylation is 2. The molecule has 0 saturated heterocycles. The number of rotatable bonds is 5. The van der Waals surface area contributed by atoms with E-state index in [-0.39, 0.29) is 0 Å². The molecular formula is C16H28N2. The molecule has 0 aromatic heterocycles. The first-order valence-corrected chi connectivity index (χ1v) is 6.84. The van der Waals surface area contributed by atoms with Crippen LogP contribution in [-0.4, -0.2) is 25.5 Å². The Morgan fingerprint density at radius 1 is 1.06 bits per heavy atom. The van der Waals surface area contributed by atoms with Crippen molar-refractivity contribution >= 4 is 0 Å². The molecular weight excluding hydrogens is 220 g/mol. The Balaban J connectivity index is 3.26. The van der Waals surface area contributed by atoms with Gasteiger partial charge >= 0.3 is 0 Å². The van der Waals surface area contributed by atoms with Gasteiger partial charge in [0.1, 0.15) is 0 Å². The molecule has 2 heteroatoms. The monoisotopic (exact) mass is 248 g/mol. The predicted octanol–water partition coefficient (Wildman–Crippen LogP) is 3.26. The predicted molar refractivity (Wildman–Crippen MR) is 80.1 cm³/mol. The third kappa shape index (κ3) is 3.12. The zero-order chi connectivity index (χ0) is 13.9. The lowest BCUT2D eigenvalue weighted by Crippen LogP contribution is -2.23. The van der Waals surface area contributed by atoms with Crippen LogP contribution in [0.5, 0.6) is 0 Å². The molecule has 0 radical (unpaired) electrons. The van der Waals surface area contributed by atoms with Crippen molar-refractivity contribution in [1.29, 1.82) is 0 Å². The Bertz CT molecular complexity index is 382. The molecule has 2 N–H and O–H groups in total. The largest absolute Gasteiger partial charge is 0.330 e. The van der Waals surface area contributed by atoms with Crippen molar-refractivity contribution in [3.05, 3.63) is 33.9 Å². The van der Waals surface area contributed by atoms with Crippen molar-refractivity contribution in [2.24, 2.45) is 5.73 Å². The minimum atomic E-state index is 0.479. The summed E-state index contributed by atoms with van der Waals surface area (Å²) in [6.07, 6.45) is 2.21. The van der Waals surface area contributed by atoms with Crippen LogP contribution in [0.2, 0.25) is 0 Å². The van der Waals surface area contributed by atoms with Crippen LogP contribution in [0.15, 0.2) is 6.07 Å². The summed E-state index contributed by atoms with van der Waals surface area (Å²) < 4.78 is 0. The molecule has 0 fully saturated rings. The molecule has 102 valence electrons. The topological polar surface area (TPSA) is 29.3 Å². The van der Waals surface area contributed by atoms with E-state index in [2.05, 4.69) is 52.8 Å². The summed E-state index contributed by atoms with van der Waals surface area (Å²) in [6, 6.07) is 2.77. The molecule has 0 saturated carbocycles. The third-order valence-electron chi connectivity index (χ3n) is 4.06. The van der Waals surface area contributed by atoms with Crippen molar-refractivity contribution < 1.29 is 0 Å². The van der Waals surface area contributed by atoms with E-state index >= 15 is 0 Å². The van der Waals surface area contributed by atoms with Crippen LogP contribution >= 0.6 is 0 Å². The second kappa shape index (κ2) is 6.35. The van der Waals surface area contributed by atoms with Gasteiger partial charge in [-0.05, 0) is 89.0 Å². The van der Waals surface area contributed by atoms with Crippen molar-refractivity contribution in [2.45, 2.75) is 46.6 Å². The van der Waals surface area contributed by atoms with Crippen LogP contribution in [0.25, 0.3) is 0 Å². The highest BCUT2D eigenvalue weighted by molar-refractivity contribution is 5.45. The number of nitrogens with zero attached hydrogens (tertiary/aromatic N) is 1. The zero-order valence-corrected chi connectivity index (χ0v) is 12.8. The van der Waals surface area contributed by atoms with Gasteiger partial charge in [0, 0.05) is 6.04 Å².